The molecule has 1 amide bonds. The van der Waals surface area contributed by atoms with Gasteiger partial charge in [0.15, 0.2) is 18.1 Å². The molecular weight excluding hydrogens is 292 g/mol. The van der Waals surface area contributed by atoms with Crippen molar-refractivity contribution in [2.24, 2.45) is 5.92 Å². The van der Waals surface area contributed by atoms with E-state index in [9.17, 15) is 4.79 Å². The van der Waals surface area contributed by atoms with Crippen molar-refractivity contribution < 1.29 is 14.3 Å². The number of amides is 1. The quantitative estimate of drug-likeness (QED) is 0.809. The van der Waals surface area contributed by atoms with Crippen molar-refractivity contribution in [2.75, 3.05) is 33.4 Å². The molecule has 0 spiro atoms. The predicted octanol–water partition coefficient (Wildman–Crippen LogP) is 2.22. The van der Waals surface area contributed by atoms with Gasteiger partial charge in [0, 0.05) is 6.54 Å². The van der Waals surface area contributed by atoms with Gasteiger partial charge in [0.25, 0.3) is 5.91 Å². The number of benzene rings is 1. The molecule has 1 fully saturated rings. The molecule has 2 N–H and O–H groups in total. The van der Waals surface area contributed by atoms with Crippen molar-refractivity contribution in [1.82, 2.24) is 10.6 Å². The molecule has 5 nitrogen and oxygen atoms in total. The van der Waals surface area contributed by atoms with E-state index in [1.165, 1.54) is 6.42 Å². The monoisotopic (exact) mass is 318 g/mol. The third-order valence-corrected chi connectivity index (χ3v) is 3.89. The highest BCUT2D eigenvalue weighted by Crippen LogP contribution is 2.28. The highest BCUT2D eigenvalue weighted by molar-refractivity contribution is 5.77. The minimum absolute atomic E-state index is 0.000524. The van der Waals surface area contributed by atoms with Gasteiger partial charge in [-0.2, -0.15) is 0 Å². The van der Waals surface area contributed by atoms with Gasteiger partial charge in [-0.15, -0.1) is 0 Å². The van der Waals surface area contributed by atoms with Gasteiger partial charge in [0.05, 0.1) is 7.11 Å². The van der Waals surface area contributed by atoms with E-state index in [0.717, 1.165) is 25.1 Å². The zero-order valence-corrected chi connectivity index (χ0v) is 13.9. The molecule has 5 heteroatoms. The average Bonchev–Trinajstić information content (AvgIpc) is 2.59. The van der Waals surface area contributed by atoms with Crippen molar-refractivity contribution in [3.63, 3.8) is 0 Å². The third-order valence-electron chi connectivity index (χ3n) is 3.89. The Morgan fingerprint density at radius 3 is 3.00 bits per heavy atom. The van der Waals surface area contributed by atoms with Gasteiger partial charge in [0.2, 0.25) is 0 Å². The summed E-state index contributed by atoms with van der Waals surface area (Å²) in [5, 5.41) is 6.28. The Balaban J connectivity index is 1.81. The highest BCUT2D eigenvalue weighted by Gasteiger charge is 2.14. The number of ether oxygens (including phenoxy) is 2. The molecule has 0 aliphatic carbocycles. The number of hydrogen-bond acceptors (Lipinski definition) is 4. The molecule has 2 rings (SSSR count). The van der Waals surface area contributed by atoms with Gasteiger partial charge in [-0.05, 0) is 56.5 Å². The molecule has 126 valence electrons. The summed E-state index contributed by atoms with van der Waals surface area (Å²) in [6, 6.07) is 5.65. The van der Waals surface area contributed by atoms with Gasteiger partial charge in [-0.3, -0.25) is 4.79 Å². The number of allylic oxidation sites excluding steroid dienone is 1. The standard InChI is InChI=1S/C18H26N2O3/c1-3-5-14-7-8-16(17(10-14)22-2)23-13-18(21)20-12-15-6-4-9-19-11-15/h3,5,7-8,10,15,19H,4,6,9,11-13H2,1-2H3,(H,20,21)/b5-3+. The molecule has 0 aromatic heterocycles. The smallest absolute Gasteiger partial charge is 0.257 e. The van der Waals surface area contributed by atoms with Crippen LogP contribution in [0.4, 0.5) is 0 Å². The van der Waals surface area contributed by atoms with Crippen molar-refractivity contribution in [1.29, 1.82) is 0 Å². The van der Waals surface area contributed by atoms with Crippen LogP contribution in [-0.4, -0.2) is 39.3 Å². The number of piperidine rings is 1. The van der Waals surface area contributed by atoms with Crippen LogP contribution >= 0.6 is 0 Å². The van der Waals surface area contributed by atoms with Crippen molar-refractivity contribution in [2.45, 2.75) is 19.8 Å². The molecule has 1 aromatic rings. The van der Waals surface area contributed by atoms with E-state index in [2.05, 4.69) is 10.6 Å². The second kappa shape index (κ2) is 9.20. The minimum Gasteiger partial charge on any atom is -0.493 e. The second-order valence-corrected chi connectivity index (χ2v) is 5.72. The first-order valence-corrected chi connectivity index (χ1v) is 8.14. The van der Waals surface area contributed by atoms with E-state index < -0.39 is 0 Å². The molecule has 0 bridgehead atoms. The molecule has 0 saturated carbocycles. The summed E-state index contributed by atoms with van der Waals surface area (Å²) in [7, 11) is 1.60. The first-order chi connectivity index (χ1) is 11.2. The van der Waals surface area contributed by atoms with Gasteiger partial charge in [0.1, 0.15) is 0 Å². The Bertz CT molecular complexity index is 537. The molecule has 1 aliphatic heterocycles. The third kappa shape index (κ3) is 5.60. The Kier molecular flexibility index (Phi) is 6.94. The molecule has 0 radical (unpaired) electrons. The number of carbonyl (C=O) groups is 1. The lowest BCUT2D eigenvalue weighted by molar-refractivity contribution is -0.123. The Hall–Kier alpha value is -2.01. The maximum Gasteiger partial charge on any atom is 0.257 e. The number of nitrogens with one attached hydrogen (secondary N) is 2. The zero-order valence-electron chi connectivity index (χ0n) is 13.9. The fourth-order valence-electron chi connectivity index (χ4n) is 2.65. The van der Waals surface area contributed by atoms with Gasteiger partial charge in [-0.1, -0.05) is 18.2 Å². The summed E-state index contributed by atoms with van der Waals surface area (Å²) in [5.74, 6) is 1.62. The number of hydrogen-bond donors (Lipinski definition) is 2. The van der Waals surface area contributed by atoms with E-state index in [4.69, 9.17) is 9.47 Å². The van der Waals surface area contributed by atoms with Crippen molar-refractivity contribution in [3.05, 3.63) is 29.8 Å². The van der Waals surface area contributed by atoms with Crippen molar-refractivity contribution >= 4 is 12.0 Å². The lowest BCUT2D eigenvalue weighted by Crippen LogP contribution is -2.39. The van der Waals surface area contributed by atoms with Crippen LogP contribution in [0.3, 0.4) is 0 Å². The summed E-state index contributed by atoms with van der Waals surface area (Å²) in [5.41, 5.74) is 1.03. The molecule has 23 heavy (non-hydrogen) atoms. The summed E-state index contributed by atoms with van der Waals surface area (Å²) < 4.78 is 10.9. The van der Waals surface area contributed by atoms with Crippen LogP contribution in [0.1, 0.15) is 25.3 Å². The van der Waals surface area contributed by atoms with E-state index in [1.54, 1.807) is 7.11 Å². The number of methoxy groups -OCH3 is 1. The summed E-state index contributed by atoms with van der Waals surface area (Å²) >= 11 is 0. The normalized spacial score (nSPS) is 17.9. The van der Waals surface area contributed by atoms with E-state index in [1.807, 2.05) is 37.3 Å². The van der Waals surface area contributed by atoms with E-state index in [-0.39, 0.29) is 12.5 Å². The van der Waals surface area contributed by atoms with Crippen LogP contribution in [0, 0.1) is 5.92 Å². The molecule has 1 unspecified atom stereocenters. The fraction of sp³-hybridized carbons (Fsp3) is 0.500. The zero-order chi connectivity index (χ0) is 16.5. The number of rotatable bonds is 7. The highest BCUT2D eigenvalue weighted by atomic mass is 16.5. The van der Waals surface area contributed by atoms with Crippen LogP contribution in [-0.2, 0) is 4.79 Å². The molecule has 1 atom stereocenters. The first kappa shape index (κ1) is 17.3. The topological polar surface area (TPSA) is 59.6 Å². The Morgan fingerprint density at radius 1 is 1.43 bits per heavy atom. The van der Waals surface area contributed by atoms with Gasteiger partial charge >= 0.3 is 0 Å². The second-order valence-electron chi connectivity index (χ2n) is 5.72. The Labute approximate surface area is 138 Å². The summed E-state index contributed by atoms with van der Waals surface area (Å²) in [6.07, 6.45) is 6.28. The lowest BCUT2D eigenvalue weighted by Gasteiger charge is -2.22. The van der Waals surface area contributed by atoms with Crippen LogP contribution in [0.15, 0.2) is 24.3 Å². The SMILES string of the molecule is C/C=C/c1ccc(OCC(=O)NCC2CCCNC2)c(OC)c1. The summed E-state index contributed by atoms with van der Waals surface area (Å²) in [6.45, 7) is 4.72. The van der Waals surface area contributed by atoms with E-state index in [0.29, 0.717) is 24.0 Å². The maximum atomic E-state index is 11.9. The van der Waals surface area contributed by atoms with Gasteiger partial charge in [-0.25, -0.2) is 0 Å². The molecule has 1 aromatic carbocycles. The Morgan fingerprint density at radius 2 is 2.30 bits per heavy atom. The van der Waals surface area contributed by atoms with Crippen LogP contribution < -0.4 is 20.1 Å². The number of carbonyl (C=O) groups excluding carboxylic acids is 1. The lowest BCUT2D eigenvalue weighted by atomic mass is 10.00. The van der Waals surface area contributed by atoms with Crippen LogP contribution in [0.25, 0.3) is 6.08 Å². The van der Waals surface area contributed by atoms with E-state index >= 15 is 0 Å². The van der Waals surface area contributed by atoms with Crippen LogP contribution in [0.5, 0.6) is 11.5 Å². The molecule has 1 aliphatic rings. The van der Waals surface area contributed by atoms with Crippen LogP contribution in [0.2, 0.25) is 0 Å². The largest absolute Gasteiger partial charge is 0.493 e. The average molecular weight is 318 g/mol. The fourth-order valence-corrected chi connectivity index (χ4v) is 2.65. The van der Waals surface area contributed by atoms with Crippen molar-refractivity contribution in [3.8, 4) is 11.5 Å². The molecule has 1 heterocycles. The van der Waals surface area contributed by atoms with Gasteiger partial charge < -0.3 is 20.1 Å². The predicted molar refractivity (Wildman–Crippen MR) is 91.8 cm³/mol. The molecular formula is C18H26N2O3. The minimum atomic E-state index is -0.102. The first-order valence-electron chi connectivity index (χ1n) is 8.14. The maximum absolute atomic E-state index is 11.9. The summed E-state index contributed by atoms with van der Waals surface area (Å²) in [4.78, 5) is 11.9. The molecule has 1 saturated heterocycles.